The lowest BCUT2D eigenvalue weighted by atomic mass is 10.1. The Bertz CT molecular complexity index is 952. The smallest absolute Gasteiger partial charge is 0.266 e. The van der Waals surface area contributed by atoms with Crippen molar-refractivity contribution in [1.29, 1.82) is 5.26 Å². The van der Waals surface area contributed by atoms with Gasteiger partial charge in [-0.2, -0.15) is 5.26 Å². The number of rotatable bonds is 4. The van der Waals surface area contributed by atoms with Gasteiger partial charge in [0.05, 0.1) is 12.1 Å². The third-order valence-electron chi connectivity index (χ3n) is 3.70. The minimum atomic E-state index is -0.658. The van der Waals surface area contributed by atoms with E-state index in [2.05, 4.69) is 5.32 Å². The maximum Gasteiger partial charge on any atom is 0.266 e. The number of halogens is 2. The van der Waals surface area contributed by atoms with Crippen LogP contribution in [0.3, 0.4) is 0 Å². The minimum absolute atomic E-state index is 0.133. The largest absolute Gasteiger partial charge is 0.493 e. The van der Waals surface area contributed by atoms with Gasteiger partial charge in [0.1, 0.15) is 30.7 Å². The molecular formula is C19H14ClFN2O4. The average molecular weight is 389 g/mol. The van der Waals surface area contributed by atoms with Crippen LogP contribution in [0, 0.1) is 17.1 Å². The van der Waals surface area contributed by atoms with Crippen molar-refractivity contribution in [2.45, 2.75) is 0 Å². The number of anilines is 1. The predicted molar refractivity (Wildman–Crippen MR) is 97.6 cm³/mol. The second kappa shape index (κ2) is 7.98. The molecule has 2 aromatic carbocycles. The van der Waals surface area contributed by atoms with Gasteiger partial charge in [-0.25, -0.2) is 4.39 Å². The van der Waals surface area contributed by atoms with Gasteiger partial charge in [-0.1, -0.05) is 11.6 Å². The summed E-state index contributed by atoms with van der Waals surface area (Å²) in [6, 6.07) is 8.86. The molecule has 0 spiro atoms. The standard InChI is InChI=1S/C19H14ClFN2O4/c1-25-16-7-11(8-17-18(16)27-5-4-26-17)6-12(10-22)19(24)23-13-2-3-15(21)14(20)9-13/h2-3,6-9H,4-5H2,1H3,(H,23,24)/b12-6+. The molecule has 2 aromatic rings. The van der Waals surface area contributed by atoms with E-state index in [0.717, 1.165) is 6.07 Å². The molecule has 0 unspecified atom stereocenters. The minimum Gasteiger partial charge on any atom is -0.493 e. The summed E-state index contributed by atoms with van der Waals surface area (Å²) >= 11 is 5.70. The molecule has 0 saturated carbocycles. The van der Waals surface area contributed by atoms with Crippen LogP contribution in [0.4, 0.5) is 10.1 Å². The van der Waals surface area contributed by atoms with Crippen molar-refractivity contribution in [3.8, 4) is 23.3 Å². The van der Waals surface area contributed by atoms with E-state index in [1.54, 1.807) is 12.1 Å². The summed E-state index contributed by atoms with van der Waals surface area (Å²) in [5, 5.41) is 11.7. The second-order valence-corrected chi connectivity index (χ2v) is 5.91. The molecule has 1 aliphatic rings. The number of methoxy groups -OCH3 is 1. The van der Waals surface area contributed by atoms with Crippen LogP contribution in [-0.4, -0.2) is 26.2 Å². The fourth-order valence-corrected chi connectivity index (χ4v) is 2.64. The highest BCUT2D eigenvalue weighted by Gasteiger charge is 2.19. The molecule has 27 heavy (non-hydrogen) atoms. The summed E-state index contributed by atoms with van der Waals surface area (Å²) in [6.07, 6.45) is 1.39. The predicted octanol–water partition coefficient (Wildman–Crippen LogP) is 3.80. The quantitative estimate of drug-likeness (QED) is 0.636. The van der Waals surface area contributed by atoms with Gasteiger partial charge in [-0.05, 0) is 42.0 Å². The number of hydrogen-bond acceptors (Lipinski definition) is 5. The molecule has 138 valence electrons. The van der Waals surface area contributed by atoms with Crippen molar-refractivity contribution in [2.75, 3.05) is 25.6 Å². The maximum absolute atomic E-state index is 13.2. The van der Waals surface area contributed by atoms with E-state index in [1.807, 2.05) is 6.07 Å². The monoisotopic (exact) mass is 388 g/mol. The third kappa shape index (κ3) is 4.13. The maximum atomic E-state index is 13.2. The van der Waals surface area contributed by atoms with E-state index < -0.39 is 11.7 Å². The summed E-state index contributed by atoms with van der Waals surface area (Å²) in [7, 11) is 1.48. The van der Waals surface area contributed by atoms with Crippen molar-refractivity contribution in [2.24, 2.45) is 0 Å². The molecule has 3 rings (SSSR count). The van der Waals surface area contributed by atoms with Crippen LogP contribution in [0.1, 0.15) is 5.56 Å². The Balaban J connectivity index is 1.88. The van der Waals surface area contributed by atoms with Gasteiger partial charge in [-0.3, -0.25) is 4.79 Å². The van der Waals surface area contributed by atoms with Gasteiger partial charge in [0.15, 0.2) is 11.5 Å². The fraction of sp³-hybridized carbons (Fsp3) is 0.158. The van der Waals surface area contributed by atoms with E-state index in [0.29, 0.717) is 36.0 Å². The normalized spacial score (nSPS) is 12.9. The van der Waals surface area contributed by atoms with E-state index in [9.17, 15) is 14.4 Å². The lowest BCUT2D eigenvalue weighted by molar-refractivity contribution is -0.112. The molecule has 0 aliphatic carbocycles. The second-order valence-electron chi connectivity index (χ2n) is 5.50. The van der Waals surface area contributed by atoms with Gasteiger partial charge in [0, 0.05) is 5.69 Å². The van der Waals surface area contributed by atoms with Crippen molar-refractivity contribution in [1.82, 2.24) is 0 Å². The van der Waals surface area contributed by atoms with Crippen molar-refractivity contribution in [3.05, 3.63) is 52.3 Å². The van der Waals surface area contributed by atoms with Gasteiger partial charge in [0.25, 0.3) is 5.91 Å². The molecule has 0 fully saturated rings. The van der Waals surface area contributed by atoms with Crippen LogP contribution in [0.5, 0.6) is 17.2 Å². The molecule has 0 saturated heterocycles. The summed E-state index contributed by atoms with van der Waals surface area (Å²) in [6.45, 7) is 0.796. The zero-order chi connectivity index (χ0) is 19.4. The number of hydrogen-bond donors (Lipinski definition) is 1. The molecule has 1 N–H and O–H groups in total. The van der Waals surface area contributed by atoms with Gasteiger partial charge < -0.3 is 19.5 Å². The topological polar surface area (TPSA) is 80.6 Å². The summed E-state index contributed by atoms with van der Waals surface area (Å²) in [5.74, 6) is 0.115. The van der Waals surface area contributed by atoms with E-state index in [1.165, 1.54) is 25.3 Å². The molecule has 1 amide bonds. The van der Waals surface area contributed by atoms with E-state index >= 15 is 0 Å². The number of nitrogens with one attached hydrogen (secondary N) is 1. The number of benzene rings is 2. The third-order valence-corrected chi connectivity index (χ3v) is 3.99. The Labute approximate surface area is 159 Å². The first kappa shape index (κ1) is 18.5. The van der Waals surface area contributed by atoms with Crippen molar-refractivity contribution < 1.29 is 23.4 Å². The Hall–Kier alpha value is -3.24. The van der Waals surface area contributed by atoms with Crippen LogP contribution in [0.15, 0.2) is 35.9 Å². The lowest BCUT2D eigenvalue weighted by Gasteiger charge is -2.21. The molecule has 1 aliphatic heterocycles. The van der Waals surface area contributed by atoms with Crippen molar-refractivity contribution >= 4 is 29.3 Å². The molecule has 1 heterocycles. The molecule has 0 aromatic heterocycles. The summed E-state index contributed by atoms with van der Waals surface area (Å²) < 4.78 is 29.6. The van der Waals surface area contributed by atoms with Crippen LogP contribution >= 0.6 is 11.6 Å². The Morgan fingerprint density at radius 3 is 2.81 bits per heavy atom. The highest BCUT2D eigenvalue weighted by Crippen LogP contribution is 2.40. The van der Waals surface area contributed by atoms with Gasteiger partial charge in [-0.15, -0.1) is 0 Å². The molecular weight excluding hydrogens is 375 g/mol. The zero-order valence-corrected chi connectivity index (χ0v) is 15.0. The molecule has 0 bridgehead atoms. The first-order valence-corrected chi connectivity index (χ1v) is 8.25. The first-order chi connectivity index (χ1) is 13.0. The van der Waals surface area contributed by atoms with E-state index in [-0.39, 0.29) is 16.3 Å². The average Bonchev–Trinajstić information content (AvgIpc) is 2.68. The molecule has 8 heteroatoms. The number of nitriles is 1. The van der Waals surface area contributed by atoms with Crippen LogP contribution in [-0.2, 0) is 4.79 Å². The lowest BCUT2D eigenvalue weighted by Crippen LogP contribution is -2.16. The summed E-state index contributed by atoms with van der Waals surface area (Å²) in [5.41, 5.74) is 0.640. The van der Waals surface area contributed by atoms with Gasteiger partial charge in [0.2, 0.25) is 5.75 Å². The zero-order valence-electron chi connectivity index (χ0n) is 14.2. The Kier molecular flexibility index (Phi) is 5.48. The van der Waals surface area contributed by atoms with E-state index in [4.69, 9.17) is 25.8 Å². The Morgan fingerprint density at radius 1 is 1.33 bits per heavy atom. The van der Waals surface area contributed by atoms with Crippen LogP contribution < -0.4 is 19.5 Å². The molecule has 6 nitrogen and oxygen atoms in total. The fourth-order valence-electron chi connectivity index (χ4n) is 2.46. The number of ether oxygens (including phenoxy) is 3. The van der Waals surface area contributed by atoms with Crippen LogP contribution in [0.2, 0.25) is 5.02 Å². The number of carbonyl (C=O) groups is 1. The number of nitrogens with zero attached hydrogens (tertiary/aromatic N) is 1. The SMILES string of the molecule is COc1cc(/C=C(\C#N)C(=O)Nc2ccc(F)c(Cl)c2)cc2c1OCCO2. The number of amides is 1. The van der Waals surface area contributed by atoms with Gasteiger partial charge >= 0.3 is 0 Å². The Morgan fingerprint density at radius 2 is 2.11 bits per heavy atom. The molecule has 0 radical (unpaired) electrons. The van der Waals surface area contributed by atoms with Crippen molar-refractivity contribution in [3.63, 3.8) is 0 Å². The highest BCUT2D eigenvalue weighted by molar-refractivity contribution is 6.31. The summed E-state index contributed by atoms with van der Waals surface area (Å²) in [4.78, 5) is 12.4. The van der Waals surface area contributed by atoms with Crippen LogP contribution in [0.25, 0.3) is 6.08 Å². The first-order valence-electron chi connectivity index (χ1n) is 7.87. The number of carbonyl (C=O) groups excluding carboxylic acids is 1. The number of fused-ring (bicyclic) bond motifs is 1. The molecule has 0 atom stereocenters. The highest BCUT2D eigenvalue weighted by atomic mass is 35.5.